The number of hydrogen-bond acceptors (Lipinski definition) is 9. The molecule has 1 aromatic carbocycles. The van der Waals surface area contributed by atoms with Crippen molar-refractivity contribution in [1.82, 2.24) is 14.7 Å². The number of thiophene rings is 1. The van der Waals surface area contributed by atoms with Crippen LogP contribution >= 0.6 is 11.3 Å². The summed E-state index contributed by atoms with van der Waals surface area (Å²) in [6.45, 7) is 1.14. The Morgan fingerprint density at radius 1 is 1.09 bits per heavy atom. The van der Waals surface area contributed by atoms with Crippen molar-refractivity contribution in [2.45, 2.75) is 30.6 Å². The van der Waals surface area contributed by atoms with Crippen LogP contribution < -0.4 is 14.9 Å². The molecule has 3 aromatic rings. The number of hydrogen-bond donors (Lipinski definition) is 2. The smallest absolute Gasteiger partial charge is 0.349 e. The Labute approximate surface area is 210 Å². The van der Waals surface area contributed by atoms with Crippen LogP contribution in [-0.2, 0) is 14.8 Å². The third-order valence-electron chi connectivity index (χ3n) is 6.37. The zero-order chi connectivity index (χ0) is 25.0. The molecule has 2 aromatic heterocycles. The molecule has 35 heavy (non-hydrogen) atoms. The number of methoxy groups -OCH3 is 1. The van der Waals surface area contributed by atoms with E-state index in [1.54, 1.807) is 5.38 Å². The SMILES string of the molecule is COC(=O)c1sccc1S(=O)(=O)NC[C@H]1CC[C@H](CNc2nc(N(C)C)c3ccccc3n2)CC1. The molecule has 2 N–H and O–H groups in total. The predicted molar refractivity (Wildman–Crippen MR) is 139 cm³/mol. The molecule has 1 aliphatic carbocycles. The molecule has 0 unspecified atom stereocenters. The van der Waals surface area contributed by atoms with Gasteiger partial charge in [-0.05, 0) is 61.1 Å². The van der Waals surface area contributed by atoms with E-state index in [0.29, 0.717) is 18.4 Å². The van der Waals surface area contributed by atoms with Gasteiger partial charge in [0.25, 0.3) is 0 Å². The Balaban J connectivity index is 1.29. The number of benzene rings is 1. The lowest BCUT2D eigenvalue weighted by Gasteiger charge is -2.28. The molecule has 188 valence electrons. The fraction of sp³-hybridized carbons (Fsp3) is 0.458. The number of rotatable bonds is 9. The Morgan fingerprint density at radius 2 is 1.77 bits per heavy atom. The standard InChI is InChI=1S/C24H31N5O4S2/c1-29(2)22-18-6-4-5-7-19(18)27-24(28-22)25-14-16-8-10-17(11-9-16)15-26-35(31,32)20-12-13-34-21(20)23(30)33-3/h4-7,12-13,16-17,26H,8-11,14-15H2,1-3H3,(H,25,27,28)/t16-,17-. The Bertz CT molecular complexity index is 1280. The number of anilines is 2. The van der Waals surface area contributed by atoms with Crippen molar-refractivity contribution in [2.24, 2.45) is 11.8 Å². The summed E-state index contributed by atoms with van der Waals surface area (Å²) in [5.74, 6) is 1.61. The molecule has 0 radical (unpaired) electrons. The molecule has 0 bridgehead atoms. The van der Waals surface area contributed by atoms with Crippen molar-refractivity contribution in [3.8, 4) is 0 Å². The van der Waals surface area contributed by atoms with Crippen LogP contribution in [0.25, 0.3) is 10.9 Å². The van der Waals surface area contributed by atoms with Crippen LogP contribution in [0, 0.1) is 11.8 Å². The van der Waals surface area contributed by atoms with Gasteiger partial charge in [0.1, 0.15) is 15.6 Å². The zero-order valence-electron chi connectivity index (χ0n) is 20.2. The third kappa shape index (κ3) is 5.91. The van der Waals surface area contributed by atoms with E-state index in [1.807, 2.05) is 43.3 Å². The molecule has 1 fully saturated rings. The highest BCUT2D eigenvalue weighted by molar-refractivity contribution is 7.89. The van der Waals surface area contributed by atoms with Crippen LogP contribution in [-0.4, -0.2) is 58.6 Å². The first kappa shape index (κ1) is 25.3. The fourth-order valence-corrected chi connectivity index (χ4v) is 6.86. The van der Waals surface area contributed by atoms with E-state index in [-0.39, 0.29) is 15.7 Å². The maximum absolute atomic E-state index is 12.7. The average molecular weight is 518 g/mol. The molecule has 4 rings (SSSR count). The summed E-state index contributed by atoms with van der Waals surface area (Å²) in [5.41, 5.74) is 0.908. The lowest BCUT2D eigenvalue weighted by Crippen LogP contribution is -2.32. The highest BCUT2D eigenvalue weighted by Gasteiger charge is 2.27. The number of carbonyl (C=O) groups excluding carboxylic acids is 1. The minimum absolute atomic E-state index is 0.0142. The first-order valence-electron chi connectivity index (χ1n) is 11.6. The van der Waals surface area contributed by atoms with E-state index in [9.17, 15) is 13.2 Å². The summed E-state index contributed by atoms with van der Waals surface area (Å²) in [6, 6.07) is 9.42. The molecule has 0 spiro atoms. The van der Waals surface area contributed by atoms with Gasteiger partial charge in [-0.2, -0.15) is 4.98 Å². The summed E-state index contributed by atoms with van der Waals surface area (Å²) in [5, 5.41) is 6.01. The van der Waals surface area contributed by atoms with E-state index in [1.165, 1.54) is 13.2 Å². The summed E-state index contributed by atoms with van der Waals surface area (Å²) >= 11 is 1.06. The van der Waals surface area contributed by atoms with Crippen LogP contribution in [0.4, 0.5) is 11.8 Å². The summed E-state index contributed by atoms with van der Waals surface area (Å²) in [6.07, 6.45) is 3.87. The molecule has 2 heterocycles. The van der Waals surface area contributed by atoms with Crippen molar-refractivity contribution in [3.05, 3.63) is 40.6 Å². The number of sulfonamides is 1. The van der Waals surface area contributed by atoms with Crippen LogP contribution in [0.3, 0.4) is 0 Å². The Hall–Kier alpha value is -2.76. The van der Waals surface area contributed by atoms with Gasteiger partial charge < -0.3 is 15.0 Å². The van der Waals surface area contributed by atoms with E-state index in [0.717, 1.165) is 60.3 Å². The molecule has 0 saturated heterocycles. The minimum Gasteiger partial charge on any atom is -0.465 e. The van der Waals surface area contributed by atoms with Gasteiger partial charge >= 0.3 is 5.97 Å². The Kier molecular flexibility index (Phi) is 7.88. The molecule has 11 heteroatoms. The van der Waals surface area contributed by atoms with Crippen LogP contribution in [0.15, 0.2) is 40.6 Å². The fourth-order valence-electron chi connectivity index (χ4n) is 4.41. The largest absolute Gasteiger partial charge is 0.465 e. The van der Waals surface area contributed by atoms with Crippen molar-refractivity contribution < 1.29 is 17.9 Å². The maximum Gasteiger partial charge on any atom is 0.349 e. The van der Waals surface area contributed by atoms with Crippen molar-refractivity contribution in [1.29, 1.82) is 0 Å². The summed E-state index contributed by atoms with van der Waals surface area (Å²) in [7, 11) is 1.43. The maximum atomic E-state index is 12.7. The zero-order valence-corrected chi connectivity index (χ0v) is 21.8. The van der Waals surface area contributed by atoms with Crippen LogP contribution in [0.1, 0.15) is 35.4 Å². The summed E-state index contributed by atoms with van der Waals surface area (Å²) < 4.78 is 32.8. The predicted octanol–water partition coefficient (Wildman–Crippen LogP) is 3.74. The second-order valence-electron chi connectivity index (χ2n) is 9.01. The van der Waals surface area contributed by atoms with Crippen LogP contribution in [0.2, 0.25) is 0 Å². The quantitative estimate of drug-likeness (QED) is 0.413. The molecule has 0 amide bonds. The molecular weight excluding hydrogens is 486 g/mol. The van der Waals surface area contributed by atoms with E-state index < -0.39 is 16.0 Å². The minimum atomic E-state index is -3.76. The second kappa shape index (κ2) is 10.9. The highest BCUT2D eigenvalue weighted by Crippen LogP contribution is 2.30. The van der Waals surface area contributed by atoms with Gasteiger partial charge in [-0.1, -0.05) is 12.1 Å². The van der Waals surface area contributed by atoms with Gasteiger partial charge in [-0.3, -0.25) is 0 Å². The molecular formula is C24H31N5O4S2. The van der Waals surface area contributed by atoms with Gasteiger partial charge in [-0.15, -0.1) is 11.3 Å². The first-order valence-corrected chi connectivity index (χ1v) is 14.0. The lowest BCUT2D eigenvalue weighted by molar-refractivity contribution is 0.0602. The van der Waals surface area contributed by atoms with Crippen molar-refractivity contribution >= 4 is 50.0 Å². The number of ether oxygens (including phenoxy) is 1. The molecule has 1 saturated carbocycles. The van der Waals surface area contributed by atoms with E-state index in [4.69, 9.17) is 9.72 Å². The molecule has 9 nitrogen and oxygen atoms in total. The van der Waals surface area contributed by atoms with Gasteiger partial charge in [0.15, 0.2) is 0 Å². The van der Waals surface area contributed by atoms with Crippen LogP contribution in [0.5, 0.6) is 0 Å². The van der Waals surface area contributed by atoms with E-state index in [2.05, 4.69) is 15.0 Å². The average Bonchev–Trinajstić information content (AvgIpc) is 3.37. The number of para-hydroxylation sites is 1. The molecule has 0 atom stereocenters. The number of aromatic nitrogens is 2. The molecule has 1 aliphatic rings. The highest BCUT2D eigenvalue weighted by atomic mass is 32.2. The monoisotopic (exact) mass is 517 g/mol. The number of carbonyl (C=O) groups is 1. The topological polar surface area (TPSA) is 114 Å². The second-order valence-corrected chi connectivity index (χ2v) is 11.7. The van der Waals surface area contributed by atoms with Crippen molar-refractivity contribution in [2.75, 3.05) is 44.5 Å². The Morgan fingerprint density at radius 3 is 2.46 bits per heavy atom. The van der Waals surface area contributed by atoms with Gasteiger partial charge in [-0.25, -0.2) is 22.9 Å². The third-order valence-corrected chi connectivity index (χ3v) is 8.86. The number of fused-ring (bicyclic) bond motifs is 1. The van der Waals surface area contributed by atoms with Gasteiger partial charge in [0.05, 0.1) is 12.6 Å². The number of nitrogens with one attached hydrogen (secondary N) is 2. The van der Waals surface area contributed by atoms with Gasteiger partial charge in [0, 0.05) is 32.6 Å². The lowest BCUT2D eigenvalue weighted by atomic mass is 9.82. The summed E-state index contributed by atoms with van der Waals surface area (Å²) in [4.78, 5) is 23.3. The first-order chi connectivity index (χ1) is 16.8. The van der Waals surface area contributed by atoms with Gasteiger partial charge in [0.2, 0.25) is 16.0 Å². The number of esters is 1. The number of nitrogens with zero attached hydrogens (tertiary/aromatic N) is 3. The normalized spacial score (nSPS) is 18.4. The van der Waals surface area contributed by atoms with E-state index >= 15 is 0 Å². The molecule has 0 aliphatic heterocycles. The van der Waals surface area contributed by atoms with Crippen molar-refractivity contribution in [3.63, 3.8) is 0 Å².